The first-order chi connectivity index (χ1) is 27.5. The first-order valence-electron chi connectivity index (χ1n) is 19.7. The molecule has 10 rings (SSSR count). The molecule has 0 N–H and O–H groups in total. The van der Waals surface area contributed by atoms with Gasteiger partial charge in [-0.25, -0.2) is 15.0 Å². The van der Waals surface area contributed by atoms with Gasteiger partial charge in [0, 0.05) is 53.0 Å². The Morgan fingerprint density at radius 3 is 1.94 bits per heavy atom. The molecule has 0 spiro atoms. The van der Waals surface area contributed by atoms with Crippen molar-refractivity contribution >= 4 is 64.2 Å². The molecule has 0 amide bonds. The van der Waals surface area contributed by atoms with Crippen LogP contribution < -0.4 is 0 Å². The molecule has 0 aliphatic rings. The number of furan rings is 1. The molecule has 0 bridgehead atoms. The second-order valence-electron chi connectivity index (χ2n) is 11.3. The summed E-state index contributed by atoms with van der Waals surface area (Å²) in [6.07, 6.45) is 0. The molecule has 0 atom stereocenters. The molecule has 7 aromatic carbocycles. The van der Waals surface area contributed by atoms with Crippen molar-refractivity contribution in [2.24, 2.45) is 0 Å². The number of nitrogens with zero attached hydrogens (tertiary/aromatic N) is 3. The second kappa shape index (κ2) is 10.7. The molecule has 3 aromatic heterocycles. The van der Waals surface area contributed by atoms with Gasteiger partial charge in [0.15, 0.2) is 17.5 Å². The lowest BCUT2D eigenvalue weighted by Gasteiger charge is -2.13. The Balaban J connectivity index is 1.38. The quantitative estimate of drug-likeness (QED) is 0.192. The lowest BCUT2D eigenvalue weighted by Crippen LogP contribution is -2.01. The van der Waals surface area contributed by atoms with Crippen LogP contribution in [0.4, 0.5) is 0 Å². The maximum absolute atomic E-state index is 9.76. The third-order valence-corrected chi connectivity index (χ3v) is 9.70. The molecule has 0 saturated heterocycles. The molecule has 5 heteroatoms. The number of para-hydroxylation sites is 1. The van der Waals surface area contributed by atoms with Crippen molar-refractivity contribution < 1.29 is 16.8 Å². The Kier molecular flexibility index (Phi) is 4.34. The minimum absolute atomic E-state index is 0.0498. The summed E-state index contributed by atoms with van der Waals surface area (Å²) in [5, 5.41) is 1.59. The average Bonchev–Trinajstić information content (AvgIpc) is 3.84. The van der Waals surface area contributed by atoms with Crippen LogP contribution in [0.2, 0.25) is 0 Å². The van der Waals surface area contributed by atoms with Crippen LogP contribution in [0.5, 0.6) is 0 Å². The Bertz CT molecular complexity index is 3350. The highest BCUT2D eigenvalue weighted by Gasteiger charge is 2.21. The Hall–Kier alpha value is -6.17. The predicted octanol–water partition coefficient (Wildman–Crippen LogP) is 12.0. The van der Waals surface area contributed by atoms with E-state index < -0.39 is 48.3 Å². The lowest BCUT2D eigenvalue weighted by atomic mass is 9.98. The van der Waals surface area contributed by atoms with Crippen LogP contribution in [0.15, 0.2) is 156 Å². The molecular weight excluding hydrogens is 607 g/mol. The van der Waals surface area contributed by atoms with Crippen molar-refractivity contribution in [2.45, 2.75) is 0 Å². The van der Waals surface area contributed by atoms with Gasteiger partial charge in [-0.2, -0.15) is 0 Å². The van der Waals surface area contributed by atoms with E-state index in [9.17, 15) is 2.74 Å². The summed E-state index contributed by atoms with van der Waals surface area (Å²) in [5.41, 5.74) is 2.94. The van der Waals surface area contributed by atoms with Crippen LogP contribution in [0, 0.1) is 0 Å². The van der Waals surface area contributed by atoms with E-state index in [1.807, 2.05) is 72.8 Å². The SMILES string of the molecule is [2H]c1c([2H])c([2H])c2c(oc3c4c([2H])c([2H])c([2H])c([2H])c4c(-c4nc(-c5ccccc5)nc(-c5ccc(-c6ccccc6)c6sc7ccccc7c56)n4)c([2H])c32)c1[2H]. The van der Waals surface area contributed by atoms with E-state index in [1.165, 1.54) is 0 Å². The molecule has 3 heterocycles. The van der Waals surface area contributed by atoms with Gasteiger partial charge >= 0.3 is 0 Å². The topological polar surface area (TPSA) is 51.8 Å². The summed E-state index contributed by atoms with van der Waals surface area (Å²) in [6, 6.07) is 27.1. The van der Waals surface area contributed by atoms with Crippen LogP contribution in [-0.4, -0.2) is 15.0 Å². The second-order valence-corrected chi connectivity index (χ2v) is 12.3. The molecule has 0 aliphatic carbocycles. The van der Waals surface area contributed by atoms with E-state index in [0.717, 1.165) is 31.3 Å². The summed E-state index contributed by atoms with van der Waals surface area (Å²) in [5.74, 6) is 0.457. The first kappa shape index (κ1) is 19.5. The highest BCUT2D eigenvalue weighted by atomic mass is 32.1. The van der Waals surface area contributed by atoms with Crippen LogP contribution in [-0.2, 0) is 0 Å². The van der Waals surface area contributed by atoms with Gasteiger partial charge < -0.3 is 4.42 Å². The number of hydrogen-bond donors (Lipinski definition) is 0. The van der Waals surface area contributed by atoms with Gasteiger partial charge in [-0.3, -0.25) is 0 Å². The van der Waals surface area contributed by atoms with E-state index in [0.29, 0.717) is 11.1 Å². The van der Waals surface area contributed by atoms with Crippen LogP contribution in [0.25, 0.3) is 98.2 Å². The number of fused-ring (bicyclic) bond motifs is 8. The lowest BCUT2D eigenvalue weighted by molar-refractivity contribution is 0.672. The minimum atomic E-state index is -0.552. The fourth-order valence-electron chi connectivity index (χ4n) is 6.33. The Labute approximate surface area is 292 Å². The van der Waals surface area contributed by atoms with Crippen molar-refractivity contribution in [1.29, 1.82) is 0 Å². The monoisotopic (exact) mass is 640 g/mol. The van der Waals surface area contributed by atoms with Crippen LogP contribution >= 0.6 is 11.3 Å². The number of benzene rings is 7. The number of rotatable bonds is 4. The Morgan fingerprint density at radius 1 is 0.500 bits per heavy atom. The van der Waals surface area contributed by atoms with E-state index in [4.69, 9.17) is 29.0 Å². The number of hydrogen-bond acceptors (Lipinski definition) is 5. The van der Waals surface area contributed by atoms with Crippen molar-refractivity contribution in [2.75, 3.05) is 0 Å². The summed E-state index contributed by atoms with van der Waals surface area (Å²) in [6.45, 7) is 0. The van der Waals surface area contributed by atoms with Crippen molar-refractivity contribution in [3.05, 3.63) is 151 Å². The van der Waals surface area contributed by atoms with E-state index in [-0.39, 0.29) is 61.8 Å². The van der Waals surface area contributed by atoms with Crippen molar-refractivity contribution in [1.82, 2.24) is 15.0 Å². The molecule has 0 radical (unpaired) electrons. The number of thiophene rings is 1. The van der Waals surface area contributed by atoms with Gasteiger partial charge in [-0.15, -0.1) is 11.3 Å². The van der Waals surface area contributed by atoms with E-state index in [2.05, 4.69) is 24.3 Å². The fraction of sp³-hybridized carbons (Fsp3) is 0. The van der Waals surface area contributed by atoms with Gasteiger partial charge in [-0.05, 0) is 40.7 Å². The maximum atomic E-state index is 9.76. The fourth-order valence-corrected chi connectivity index (χ4v) is 7.59. The molecule has 48 heavy (non-hydrogen) atoms. The third-order valence-electron chi connectivity index (χ3n) is 8.49. The predicted molar refractivity (Wildman–Crippen MR) is 199 cm³/mol. The molecule has 0 unspecified atom stereocenters. The van der Waals surface area contributed by atoms with E-state index in [1.54, 1.807) is 11.3 Å². The molecule has 0 aliphatic heterocycles. The molecule has 224 valence electrons. The van der Waals surface area contributed by atoms with Crippen molar-refractivity contribution in [3.63, 3.8) is 0 Å². The zero-order chi connectivity index (χ0) is 39.4. The first-order valence-corrected chi connectivity index (χ1v) is 16.0. The molecule has 0 fully saturated rings. The third kappa shape index (κ3) is 4.18. The highest BCUT2D eigenvalue weighted by molar-refractivity contribution is 7.26. The standard InChI is InChI=1S/C43H25N3OS/c1-3-13-26(14-4-1)28-23-24-33(38-32-20-10-12-22-37(32)48-40(28)38)42-44-41(27-15-5-2-6-16-27)45-43(46-42)35-25-34-30-18-9-11-21-36(30)47-39(34)31-19-8-7-17-29(31)35/h1-25H/i7D,8D,9D,11D,17D,18D,19D,21D,25D. The molecule has 0 saturated carbocycles. The van der Waals surface area contributed by atoms with Gasteiger partial charge in [0.1, 0.15) is 11.2 Å². The van der Waals surface area contributed by atoms with Crippen LogP contribution in [0.3, 0.4) is 0 Å². The normalized spacial score (nSPS) is 14.4. The average molecular weight is 641 g/mol. The van der Waals surface area contributed by atoms with Gasteiger partial charge in [0.05, 0.1) is 12.3 Å². The van der Waals surface area contributed by atoms with Crippen molar-refractivity contribution in [3.8, 4) is 45.3 Å². The van der Waals surface area contributed by atoms with E-state index >= 15 is 0 Å². The highest BCUT2D eigenvalue weighted by Crippen LogP contribution is 2.45. The van der Waals surface area contributed by atoms with Gasteiger partial charge in [0.25, 0.3) is 0 Å². The summed E-state index contributed by atoms with van der Waals surface area (Å²) < 4.78 is 87.7. The molecule has 10 aromatic rings. The maximum Gasteiger partial charge on any atom is 0.164 e. The number of aromatic nitrogens is 3. The summed E-state index contributed by atoms with van der Waals surface area (Å²) in [4.78, 5) is 15.0. The van der Waals surface area contributed by atoms with Crippen LogP contribution in [0.1, 0.15) is 12.3 Å². The minimum Gasteiger partial charge on any atom is -0.455 e. The van der Waals surface area contributed by atoms with Gasteiger partial charge in [0.2, 0.25) is 0 Å². The largest absolute Gasteiger partial charge is 0.455 e. The molecular formula is C43H25N3OS. The zero-order valence-corrected chi connectivity index (χ0v) is 25.7. The summed E-state index contributed by atoms with van der Waals surface area (Å²) >= 11 is 1.65. The summed E-state index contributed by atoms with van der Waals surface area (Å²) in [7, 11) is 0. The Morgan fingerprint density at radius 2 is 1.12 bits per heavy atom. The molecule has 4 nitrogen and oxygen atoms in total. The van der Waals surface area contributed by atoms with Gasteiger partial charge in [-0.1, -0.05) is 127 Å². The smallest absolute Gasteiger partial charge is 0.164 e. The zero-order valence-electron chi connectivity index (χ0n) is 33.9.